The van der Waals surface area contributed by atoms with Gasteiger partial charge in [0.15, 0.2) is 11.5 Å². The van der Waals surface area contributed by atoms with E-state index < -0.39 is 22.9 Å². The van der Waals surface area contributed by atoms with Crippen LogP contribution in [0.1, 0.15) is 31.2 Å². The van der Waals surface area contributed by atoms with Crippen LogP contribution < -0.4 is 5.73 Å². The van der Waals surface area contributed by atoms with E-state index >= 15 is 0 Å². The summed E-state index contributed by atoms with van der Waals surface area (Å²) in [5.41, 5.74) is 5.85. The van der Waals surface area contributed by atoms with Crippen LogP contribution in [-0.2, 0) is 5.54 Å². The van der Waals surface area contributed by atoms with Gasteiger partial charge in [0.2, 0.25) is 5.82 Å². The number of phenolic OH excluding ortho intramolecular Hbond substituents is 2. The molecular weight excluding hydrogens is 197 g/mol. The molecule has 0 unspecified atom stereocenters. The molecule has 0 spiro atoms. The Labute approximate surface area is 87.3 Å². The summed E-state index contributed by atoms with van der Waals surface area (Å²) < 4.78 is 13.3. The van der Waals surface area contributed by atoms with E-state index in [0.717, 1.165) is 25.7 Å². The second-order valence-electron chi connectivity index (χ2n) is 4.16. The normalized spacial score (nSPS) is 19.3. The monoisotopic (exact) mass is 211 g/mol. The highest BCUT2D eigenvalue weighted by atomic mass is 19.1. The summed E-state index contributed by atoms with van der Waals surface area (Å²) in [7, 11) is 0. The smallest absolute Gasteiger partial charge is 0.206 e. The molecule has 3 nitrogen and oxygen atoms in total. The molecule has 0 saturated heterocycles. The van der Waals surface area contributed by atoms with E-state index in [4.69, 9.17) is 10.8 Å². The fraction of sp³-hybridized carbons (Fsp3) is 0.455. The fourth-order valence-electron chi connectivity index (χ4n) is 2.23. The number of benzene rings is 1. The van der Waals surface area contributed by atoms with Gasteiger partial charge in [-0.2, -0.15) is 4.39 Å². The average molecular weight is 211 g/mol. The van der Waals surface area contributed by atoms with E-state index in [1.165, 1.54) is 12.1 Å². The molecule has 4 N–H and O–H groups in total. The van der Waals surface area contributed by atoms with Crippen LogP contribution in [0.2, 0.25) is 0 Å². The second kappa shape index (κ2) is 3.38. The lowest BCUT2D eigenvalue weighted by Crippen LogP contribution is -2.33. The summed E-state index contributed by atoms with van der Waals surface area (Å²) in [5.74, 6) is -2.04. The zero-order valence-electron chi connectivity index (χ0n) is 8.33. The van der Waals surface area contributed by atoms with Crippen LogP contribution in [0.3, 0.4) is 0 Å². The fourth-order valence-corrected chi connectivity index (χ4v) is 2.23. The number of rotatable bonds is 1. The topological polar surface area (TPSA) is 66.5 Å². The molecule has 1 aromatic rings. The van der Waals surface area contributed by atoms with Crippen molar-refractivity contribution in [3.05, 3.63) is 23.5 Å². The van der Waals surface area contributed by atoms with Gasteiger partial charge in [0.25, 0.3) is 0 Å². The van der Waals surface area contributed by atoms with Gasteiger partial charge in [-0.25, -0.2) is 0 Å². The summed E-state index contributed by atoms with van der Waals surface area (Å²) in [5, 5.41) is 18.7. The van der Waals surface area contributed by atoms with Crippen LogP contribution in [-0.4, -0.2) is 10.2 Å². The van der Waals surface area contributed by atoms with Crippen molar-refractivity contribution in [1.29, 1.82) is 0 Å². The minimum Gasteiger partial charge on any atom is -0.505 e. The van der Waals surface area contributed by atoms with Crippen molar-refractivity contribution in [3.63, 3.8) is 0 Å². The standard InChI is InChI=1S/C11H14FNO2/c12-9-8(14)4-3-7(10(9)15)11(13)5-1-2-6-11/h3-4,14-15H,1-2,5-6,13H2. The summed E-state index contributed by atoms with van der Waals surface area (Å²) in [6.45, 7) is 0. The SMILES string of the molecule is NC1(c2ccc(O)c(F)c2O)CCCC1. The van der Waals surface area contributed by atoms with Crippen molar-refractivity contribution >= 4 is 0 Å². The van der Waals surface area contributed by atoms with Crippen LogP contribution in [0, 0.1) is 5.82 Å². The second-order valence-corrected chi connectivity index (χ2v) is 4.16. The molecule has 0 atom stereocenters. The summed E-state index contributed by atoms with van der Waals surface area (Å²) in [6, 6.07) is 2.73. The summed E-state index contributed by atoms with van der Waals surface area (Å²) >= 11 is 0. The summed E-state index contributed by atoms with van der Waals surface area (Å²) in [6.07, 6.45) is 3.45. The lowest BCUT2D eigenvalue weighted by atomic mass is 9.88. The first kappa shape index (κ1) is 10.2. The zero-order chi connectivity index (χ0) is 11.1. The Hall–Kier alpha value is -1.29. The van der Waals surface area contributed by atoms with E-state index in [-0.39, 0.29) is 0 Å². The molecule has 0 radical (unpaired) electrons. The maximum atomic E-state index is 13.3. The van der Waals surface area contributed by atoms with Gasteiger partial charge in [-0.3, -0.25) is 0 Å². The Kier molecular flexibility index (Phi) is 2.31. The van der Waals surface area contributed by atoms with Crippen LogP contribution in [0.5, 0.6) is 11.5 Å². The van der Waals surface area contributed by atoms with Gasteiger partial charge in [0.1, 0.15) is 0 Å². The number of halogens is 1. The van der Waals surface area contributed by atoms with E-state index in [1.54, 1.807) is 0 Å². The van der Waals surface area contributed by atoms with Gasteiger partial charge < -0.3 is 15.9 Å². The highest BCUT2D eigenvalue weighted by Crippen LogP contribution is 2.42. The maximum absolute atomic E-state index is 13.3. The molecular formula is C11H14FNO2. The maximum Gasteiger partial charge on any atom is 0.206 e. The molecule has 0 bridgehead atoms. The van der Waals surface area contributed by atoms with Crippen LogP contribution in [0.4, 0.5) is 4.39 Å². The van der Waals surface area contributed by atoms with Crippen LogP contribution in [0.25, 0.3) is 0 Å². The Morgan fingerprint density at radius 1 is 1.20 bits per heavy atom. The predicted octanol–water partition coefficient (Wildman–Crippen LogP) is 1.96. The number of nitrogens with two attached hydrogens (primary N) is 1. The quantitative estimate of drug-likeness (QED) is 0.665. The third kappa shape index (κ3) is 1.55. The van der Waals surface area contributed by atoms with E-state index in [2.05, 4.69) is 0 Å². The van der Waals surface area contributed by atoms with E-state index in [0.29, 0.717) is 5.56 Å². The lowest BCUT2D eigenvalue weighted by Gasteiger charge is -2.25. The molecule has 0 aromatic heterocycles. The largest absolute Gasteiger partial charge is 0.505 e. The van der Waals surface area contributed by atoms with Crippen molar-refractivity contribution in [3.8, 4) is 11.5 Å². The Bertz CT molecular complexity index is 386. The van der Waals surface area contributed by atoms with Crippen LogP contribution >= 0.6 is 0 Å². The predicted molar refractivity (Wildman–Crippen MR) is 54.1 cm³/mol. The zero-order valence-corrected chi connectivity index (χ0v) is 8.33. The third-order valence-corrected chi connectivity index (χ3v) is 3.13. The van der Waals surface area contributed by atoms with Crippen molar-refractivity contribution < 1.29 is 14.6 Å². The average Bonchev–Trinajstić information content (AvgIpc) is 2.62. The molecule has 0 amide bonds. The van der Waals surface area contributed by atoms with Crippen LogP contribution in [0.15, 0.2) is 12.1 Å². The van der Waals surface area contributed by atoms with Crippen molar-refractivity contribution in [1.82, 2.24) is 0 Å². The third-order valence-electron chi connectivity index (χ3n) is 3.13. The Balaban J connectivity index is 2.49. The minimum absolute atomic E-state index is 0.398. The molecule has 0 heterocycles. The molecule has 1 aliphatic carbocycles. The highest BCUT2D eigenvalue weighted by Gasteiger charge is 2.34. The van der Waals surface area contributed by atoms with E-state index in [1.807, 2.05) is 0 Å². The van der Waals surface area contributed by atoms with Crippen molar-refractivity contribution in [2.75, 3.05) is 0 Å². The number of hydrogen-bond acceptors (Lipinski definition) is 3. The van der Waals surface area contributed by atoms with E-state index in [9.17, 15) is 9.50 Å². The first-order chi connectivity index (χ1) is 7.04. The minimum atomic E-state index is -0.982. The molecule has 1 aliphatic rings. The van der Waals surface area contributed by atoms with Crippen molar-refractivity contribution in [2.24, 2.45) is 5.73 Å². The number of hydrogen-bond donors (Lipinski definition) is 3. The Morgan fingerprint density at radius 3 is 2.40 bits per heavy atom. The van der Waals surface area contributed by atoms with Gasteiger partial charge in [0.05, 0.1) is 0 Å². The first-order valence-corrected chi connectivity index (χ1v) is 5.04. The molecule has 1 aromatic carbocycles. The molecule has 1 fully saturated rings. The molecule has 4 heteroatoms. The van der Waals surface area contributed by atoms with Gasteiger partial charge in [0, 0.05) is 11.1 Å². The van der Waals surface area contributed by atoms with Gasteiger partial charge >= 0.3 is 0 Å². The Morgan fingerprint density at radius 2 is 1.80 bits per heavy atom. The van der Waals surface area contributed by atoms with Gasteiger partial charge in [-0.15, -0.1) is 0 Å². The summed E-state index contributed by atoms with van der Waals surface area (Å²) in [4.78, 5) is 0. The molecule has 82 valence electrons. The highest BCUT2D eigenvalue weighted by molar-refractivity contribution is 5.45. The number of aromatic hydroxyl groups is 2. The molecule has 0 aliphatic heterocycles. The van der Waals surface area contributed by atoms with Gasteiger partial charge in [-0.1, -0.05) is 12.8 Å². The molecule has 15 heavy (non-hydrogen) atoms. The molecule has 1 saturated carbocycles. The van der Waals surface area contributed by atoms with Crippen molar-refractivity contribution in [2.45, 2.75) is 31.2 Å². The first-order valence-electron chi connectivity index (χ1n) is 5.04. The molecule has 2 rings (SSSR count). The lowest BCUT2D eigenvalue weighted by molar-refractivity contribution is 0.363. The van der Waals surface area contributed by atoms with Gasteiger partial charge in [-0.05, 0) is 25.0 Å². The number of phenols is 2.